The van der Waals surface area contributed by atoms with E-state index in [0.29, 0.717) is 23.4 Å². The van der Waals surface area contributed by atoms with Crippen LogP contribution < -0.4 is 10.6 Å². The number of benzene rings is 1. The van der Waals surface area contributed by atoms with Gasteiger partial charge in [-0.2, -0.15) is 0 Å². The Morgan fingerprint density at radius 3 is 2.59 bits per heavy atom. The Morgan fingerprint density at radius 1 is 1.26 bits per heavy atom. The van der Waals surface area contributed by atoms with E-state index in [4.69, 9.17) is 0 Å². The molecular formula is C19H21FN4O3. The molecule has 0 radical (unpaired) electrons. The number of nitrogens with zero attached hydrogens (tertiary/aromatic N) is 2. The summed E-state index contributed by atoms with van der Waals surface area (Å²) in [5.41, 5.74) is 1.69. The second kappa shape index (κ2) is 6.68. The van der Waals surface area contributed by atoms with Crippen LogP contribution in [0.3, 0.4) is 0 Å². The molecule has 0 bridgehead atoms. The zero-order valence-corrected chi connectivity index (χ0v) is 15.0. The molecule has 0 saturated heterocycles. The lowest BCUT2D eigenvalue weighted by Gasteiger charge is -2.32. The highest BCUT2D eigenvalue weighted by molar-refractivity contribution is 6.03. The van der Waals surface area contributed by atoms with Crippen molar-refractivity contribution in [3.8, 4) is 0 Å². The highest BCUT2D eigenvalue weighted by Crippen LogP contribution is 2.36. The molecular weight excluding hydrogens is 351 g/mol. The monoisotopic (exact) mass is 372 g/mol. The van der Waals surface area contributed by atoms with Gasteiger partial charge in [0, 0.05) is 12.6 Å². The highest BCUT2D eigenvalue weighted by atomic mass is 19.1. The molecule has 2 heterocycles. The molecule has 8 heteroatoms. The minimum absolute atomic E-state index is 0.0375. The fraction of sp³-hybridized carbons (Fsp3) is 0.421. The van der Waals surface area contributed by atoms with E-state index in [1.165, 1.54) is 21.9 Å². The number of hydrogen-bond donors (Lipinski definition) is 2. The molecule has 1 aliphatic carbocycles. The van der Waals surface area contributed by atoms with E-state index in [1.54, 1.807) is 12.1 Å². The van der Waals surface area contributed by atoms with Gasteiger partial charge in [0.2, 0.25) is 5.91 Å². The van der Waals surface area contributed by atoms with E-state index in [2.05, 4.69) is 10.6 Å². The van der Waals surface area contributed by atoms with Gasteiger partial charge in [0.15, 0.2) is 0 Å². The summed E-state index contributed by atoms with van der Waals surface area (Å²) in [4.78, 5) is 40.7. The van der Waals surface area contributed by atoms with Crippen molar-refractivity contribution < 1.29 is 18.8 Å². The number of carbonyl (C=O) groups excluding carboxylic acids is 3. The van der Waals surface area contributed by atoms with E-state index in [-0.39, 0.29) is 42.8 Å². The first-order chi connectivity index (χ1) is 13.0. The summed E-state index contributed by atoms with van der Waals surface area (Å²) in [6.45, 7) is 2.42. The van der Waals surface area contributed by atoms with Crippen LogP contribution in [0.15, 0.2) is 35.5 Å². The average molecular weight is 372 g/mol. The number of amides is 4. The summed E-state index contributed by atoms with van der Waals surface area (Å²) in [5, 5.41) is 5.71. The Labute approximate surface area is 156 Å². The van der Waals surface area contributed by atoms with E-state index >= 15 is 0 Å². The van der Waals surface area contributed by atoms with Gasteiger partial charge in [0.25, 0.3) is 5.91 Å². The predicted molar refractivity (Wildman–Crippen MR) is 94.8 cm³/mol. The first-order valence-electron chi connectivity index (χ1n) is 9.13. The number of rotatable bonds is 5. The molecule has 2 N–H and O–H groups in total. The SMILES string of the molecule is CCN1C(=O)N[C@@H](c2ccc(F)cc2)C2=C1CN(CC(=O)NC1CC1)C2=O. The first kappa shape index (κ1) is 17.5. The summed E-state index contributed by atoms with van der Waals surface area (Å²) in [6.07, 6.45) is 1.95. The Kier molecular flexibility index (Phi) is 4.33. The van der Waals surface area contributed by atoms with Crippen molar-refractivity contribution in [3.05, 3.63) is 46.9 Å². The normalized spacial score (nSPS) is 22.1. The van der Waals surface area contributed by atoms with Crippen molar-refractivity contribution in [3.63, 3.8) is 0 Å². The maximum Gasteiger partial charge on any atom is 0.322 e. The number of urea groups is 1. The van der Waals surface area contributed by atoms with Crippen LogP contribution in [0.2, 0.25) is 0 Å². The van der Waals surface area contributed by atoms with E-state index in [9.17, 15) is 18.8 Å². The molecule has 4 amide bonds. The Hall–Kier alpha value is -2.90. The molecule has 0 spiro atoms. The summed E-state index contributed by atoms with van der Waals surface area (Å²) in [7, 11) is 0. The number of halogens is 1. The summed E-state index contributed by atoms with van der Waals surface area (Å²) in [6, 6.07) is 4.98. The van der Waals surface area contributed by atoms with Crippen LogP contribution in [0.4, 0.5) is 9.18 Å². The number of carbonyl (C=O) groups is 3. The maximum absolute atomic E-state index is 13.3. The molecule has 2 aliphatic heterocycles. The lowest BCUT2D eigenvalue weighted by molar-refractivity contribution is -0.132. The molecule has 4 rings (SSSR count). The standard InChI is InChI=1S/C19H21FN4O3/c1-2-24-14-9-23(10-15(25)21-13-7-8-13)18(26)16(14)17(22-19(24)27)11-3-5-12(20)6-4-11/h3-6,13,17H,2,7-10H2,1H3,(H,21,25)(H,22,27)/t17-/m0/s1. The lowest BCUT2D eigenvalue weighted by atomic mass is 9.95. The summed E-state index contributed by atoms with van der Waals surface area (Å²) < 4.78 is 13.3. The largest absolute Gasteiger partial charge is 0.352 e. The molecule has 1 aromatic rings. The third-order valence-electron chi connectivity index (χ3n) is 5.09. The Balaban J connectivity index is 1.62. The number of nitrogens with one attached hydrogen (secondary N) is 2. The van der Waals surface area contributed by atoms with Crippen LogP contribution in [0, 0.1) is 5.82 Å². The van der Waals surface area contributed by atoms with Gasteiger partial charge in [-0.15, -0.1) is 0 Å². The molecule has 27 heavy (non-hydrogen) atoms. The third-order valence-corrected chi connectivity index (χ3v) is 5.09. The van der Waals surface area contributed by atoms with Crippen LogP contribution in [0.5, 0.6) is 0 Å². The fourth-order valence-corrected chi connectivity index (χ4v) is 3.59. The lowest BCUT2D eigenvalue weighted by Crippen LogP contribution is -2.47. The third kappa shape index (κ3) is 3.27. The van der Waals surface area contributed by atoms with Crippen LogP contribution in [-0.4, -0.2) is 53.3 Å². The molecule has 0 unspecified atom stereocenters. The molecule has 1 aromatic carbocycles. The van der Waals surface area contributed by atoms with Crippen molar-refractivity contribution in [1.29, 1.82) is 0 Å². The Bertz CT molecular complexity index is 832. The van der Waals surface area contributed by atoms with Crippen LogP contribution in [-0.2, 0) is 9.59 Å². The van der Waals surface area contributed by atoms with E-state index < -0.39 is 6.04 Å². The van der Waals surface area contributed by atoms with Gasteiger partial charge < -0.3 is 15.5 Å². The van der Waals surface area contributed by atoms with Gasteiger partial charge in [-0.1, -0.05) is 12.1 Å². The van der Waals surface area contributed by atoms with Crippen molar-refractivity contribution in [2.24, 2.45) is 0 Å². The molecule has 1 saturated carbocycles. The number of hydrogen-bond acceptors (Lipinski definition) is 3. The zero-order chi connectivity index (χ0) is 19.1. The van der Waals surface area contributed by atoms with Crippen LogP contribution >= 0.6 is 0 Å². The average Bonchev–Trinajstić information content (AvgIpc) is 3.39. The molecule has 3 aliphatic rings. The van der Waals surface area contributed by atoms with Gasteiger partial charge in [-0.25, -0.2) is 9.18 Å². The van der Waals surface area contributed by atoms with E-state index in [1.807, 2.05) is 6.92 Å². The molecule has 1 atom stereocenters. The molecule has 0 aromatic heterocycles. The highest BCUT2D eigenvalue weighted by Gasteiger charge is 2.44. The van der Waals surface area contributed by atoms with Crippen LogP contribution in [0.25, 0.3) is 0 Å². The number of likely N-dealkylation sites (N-methyl/N-ethyl adjacent to an activating group) is 1. The smallest absolute Gasteiger partial charge is 0.322 e. The second-order valence-electron chi connectivity index (χ2n) is 7.04. The van der Waals surface area contributed by atoms with Gasteiger partial charge in [0.1, 0.15) is 12.4 Å². The molecule has 1 fully saturated rings. The van der Waals surface area contributed by atoms with Crippen LogP contribution in [0.1, 0.15) is 31.4 Å². The van der Waals surface area contributed by atoms with Gasteiger partial charge in [0.05, 0.1) is 23.9 Å². The van der Waals surface area contributed by atoms with Gasteiger partial charge in [-0.05, 0) is 37.5 Å². The predicted octanol–water partition coefficient (Wildman–Crippen LogP) is 1.29. The van der Waals surface area contributed by atoms with Gasteiger partial charge in [-0.3, -0.25) is 14.5 Å². The topological polar surface area (TPSA) is 81.8 Å². The molecule has 142 valence electrons. The maximum atomic E-state index is 13.3. The Morgan fingerprint density at radius 2 is 1.96 bits per heavy atom. The zero-order valence-electron chi connectivity index (χ0n) is 15.0. The first-order valence-corrected chi connectivity index (χ1v) is 9.13. The van der Waals surface area contributed by atoms with Crippen molar-refractivity contribution in [1.82, 2.24) is 20.4 Å². The van der Waals surface area contributed by atoms with E-state index in [0.717, 1.165) is 12.8 Å². The van der Waals surface area contributed by atoms with Gasteiger partial charge >= 0.3 is 6.03 Å². The molecule has 7 nitrogen and oxygen atoms in total. The second-order valence-corrected chi connectivity index (χ2v) is 7.04. The summed E-state index contributed by atoms with van der Waals surface area (Å²) >= 11 is 0. The minimum atomic E-state index is -0.653. The van der Waals surface area contributed by atoms with Crippen molar-refractivity contribution >= 4 is 17.8 Å². The summed E-state index contributed by atoms with van der Waals surface area (Å²) in [5.74, 6) is -0.850. The quantitative estimate of drug-likeness (QED) is 0.817. The minimum Gasteiger partial charge on any atom is -0.352 e. The van der Waals surface area contributed by atoms with Crippen molar-refractivity contribution in [2.45, 2.75) is 31.8 Å². The fourth-order valence-electron chi connectivity index (χ4n) is 3.59. The van der Waals surface area contributed by atoms with Crippen molar-refractivity contribution in [2.75, 3.05) is 19.6 Å².